The highest BCUT2D eigenvalue weighted by atomic mass is 28.4. The van der Waals surface area contributed by atoms with Gasteiger partial charge in [-0.2, -0.15) is 0 Å². The molecule has 0 amide bonds. The van der Waals surface area contributed by atoms with E-state index in [1.165, 1.54) is 6.08 Å². The van der Waals surface area contributed by atoms with Gasteiger partial charge in [0.05, 0.1) is 13.2 Å². The van der Waals surface area contributed by atoms with E-state index in [1.807, 2.05) is 41.5 Å². The van der Waals surface area contributed by atoms with Crippen LogP contribution in [0.1, 0.15) is 68.2 Å². The summed E-state index contributed by atoms with van der Waals surface area (Å²) < 4.78 is 44.3. The lowest BCUT2D eigenvalue weighted by Gasteiger charge is -2.28. The molecule has 0 unspecified atom stereocenters. The molecule has 0 saturated heterocycles. The van der Waals surface area contributed by atoms with Crippen LogP contribution in [-0.4, -0.2) is 82.4 Å². The molecular formula is C26H52O10Si2. The van der Waals surface area contributed by atoms with Crippen LogP contribution < -0.4 is 0 Å². The second kappa shape index (κ2) is 24.6. The van der Waals surface area contributed by atoms with Gasteiger partial charge >= 0.3 is 29.5 Å². The first-order chi connectivity index (χ1) is 18.1. The molecule has 10 nitrogen and oxygen atoms in total. The van der Waals surface area contributed by atoms with E-state index >= 15 is 0 Å². The van der Waals surface area contributed by atoms with Crippen molar-refractivity contribution in [2.24, 2.45) is 0 Å². The second-order valence-electron chi connectivity index (χ2n) is 7.75. The zero-order chi connectivity index (χ0) is 29.3. The molecule has 38 heavy (non-hydrogen) atoms. The van der Waals surface area contributed by atoms with Gasteiger partial charge in [-0.05, 0) is 68.2 Å². The molecule has 0 saturated carbocycles. The maximum absolute atomic E-state index is 11.2. The highest BCUT2D eigenvalue weighted by Gasteiger charge is 2.40. The van der Waals surface area contributed by atoms with Crippen molar-refractivity contribution in [3.05, 3.63) is 24.3 Å². The summed E-state index contributed by atoms with van der Waals surface area (Å²) in [6.45, 7) is 22.5. The molecule has 0 aliphatic carbocycles. The number of carbonyl (C=O) groups is 2. The molecule has 0 radical (unpaired) electrons. The Labute approximate surface area is 232 Å². The quantitative estimate of drug-likeness (QED) is 0.0744. The Balaban J connectivity index is 0. The topological polar surface area (TPSA) is 108 Å². The SMILES string of the molecule is C=C(C)C(=O)OCCC[Si](OCC)(OCC)OCC.CC=CC(=O)OCCC[Si](OCC)(OCC)OCC. The lowest BCUT2D eigenvalue weighted by atomic mass is 10.4. The molecule has 0 aromatic rings. The monoisotopic (exact) mass is 580 g/mol. The zero-order valence-corrected chi connectivity index (χ0v) is 26.9. The largest absolute Gasteiger partial charge is 0.501 e. The molecule has 0 aliphatic rings. The lowest BCUT2D eigenvalue weighted by Crippen LogP contribution is -2.46. The van der Waals surface area contributed by atoms with E-state index in [0.29, 0.717) is 83.4 Å². The summed E-state index contributed by atoms with van der Waals surface area (Å²) in [6.07, 6.45) is 4.39. The van der Waals surface area contributed by atoms with E-state index in [9.17, 15) is 9.59 Å². The van der Waals surface area contributed by atoms with E-state index in [1.54, 1.807) is 19.9 Å². The van der Waals surface area contributed by atoms with Crippen molar-refractivity contribution in [3.8, 4) is 0 Å². The Kier molecular flexibility index (Phi) is 25.1. The van der Waals surface area contributed by atoms with Crippen LogP contribution in [0.5, 0.6) is 0 Å². The van der Waals surface area contributed by atoms with Gasteiger partial charge in [0.1, 0.15) is 0 Å². The maximum atomic E-state index is 11.2. The molecule has 0 bridgehead atoms. The summed E-state index contributed by atoms with van der Waals surface area (Å²) in [7, 11) is -5.20. The van der Waals surface area contributed by atoms with E-state index < -0.39 is 17.6 Å². The summed E-state index contributed by atoms with van der Waals surface area (Å²) in [6, 6.07) is 1.30. The Hall–Kier alpha value is -1.39. The Morgan fingerprint density at radius 3 is 1.29 bits per heavy atom. The van der Waals surface area contributed by atoms with Gasteiger partial charge in [-0.15, -0.1) is 0 Å². The van der Waals surface area contributed by atoms with Gasteiger partial charge in [0, 0.05) is 63.4 Å². The highest BCUT2D eigenvalue weighted by Crippen LogP contribution is 2.19. The summed E-state index contributed by atoms with van der Waals surface area (Å²) in [4.78, 5) is 22.4. The van der Waals surface area contributed by atoms with Gasteiger partial charge < -0.3 is 36.0 Å². The molecule has 0 heterocycles. The van der Waals surface area contributed by atoms with Gasteiger partial charge in [-0.25, -0.2) is 9.59 Å². The first kappa shape index (κ1) is 38.8. The number of carbonyl (C=O) groups excluding carboxylic acids is 2. The van der Waals surface area contributed by atoms with Crippen LogP contribution in [-0.2, 0) is 45.6 Å². The predicted octanol–water partition coefficient (Wildman–Crippen LogP) is 5.09. The maximum Gasteiger partial charge on any atom is 0.501 e. The molecule has 0 fully saturated rings. The summed E-state index contributed by atoms with van der Waals surface area (Å²) in [5.74, 6) is -0.685. The first-order valence-corrected chi connectivity index (χ1v) is 17.5. The fourth-order valence-electron chi connectivity index (χ4n) is 3.22. The Morgan fingerprint density at radius 2 is 1.00 bits per heavy atom. The van der Waals surface area contributed by atoms with Gasteiger partial charge in [-0.3, -0.25) is 0 Å². The van der Waals surface area contributed by atoms with Crippen molar-refractivity contribution < 1.29 is 45.6 Å². The number of hydrogen-bond donors (Lipinski definition) is 0. The number of esters is 2. The molecular weight excluding hydrogens is 528 g/mol. The summed E-state index contributed by atoms with van der Waals surface area (Å²) >= 11 is 0. The van der Waals surface area contributed by atoms with Crippen LogP contribution in [0.15, 0.2) is 24.3 Å². The third-order valence-corrected chi connectivity index (χ3v) is 10.9. The molecule has 0 aromatic carbocycles. The minimum atomic E-state index is -2.61. The van der Waals surface area contributed by atoms with E-state index in [4.69, 9.17) is 36.0 Å². The Bertz CT molecular complexity index is 624. The molecule has 0 aliphatic heterocycles. The first-order valence-electron chi connectivity index (χ1n) is 13.6. The average Bonchev–Trinajstić information content (AvgIpc) is 2.86. The van der Waals surface area contributed by atoms with E-state index in [-0.39, 0.29) is 11.9 Å². The van der Waals surface area contributed by atoms with Crippen molar-refractivity contribution in [1.82, 2.24) is 0 Å². The normalized spacial score (nSPS) is 11.7. The molecule has 0 rings (SSSR count). The van der Waals surface area contributed by atoms with Crippen LogP contribution in [0.25, 0.3) is 0 Å². The fraction of sp³-hybridized carbons (Fsp3) is 0.769. The van der Waals surface area contributed by atoms with Crippen LogP contribution in [0.3, 0.4) is 0 Å². The molecule has 224 valence electrons. The van der Waals surface area contributed by atoms with Crippen LogP contribution in [0, 0.1) is 0 Å². The van der Waals surface area contributed by atoms with Crippen LogP contribution >= 0.6 is 0 Å². The van der Waals surface area contributed by atoms with E-state index in [2.05, 4.69) is 6.58 Å². The number of rotatable bonds is 22. The van der Waals surface area contributed by atoms with Gasteiger partial charge in [-0.1, -0.05) is 12.7 Å². The summed E-state index contributed by atoms with van der Waals surface area (Å²) in [5, 5.41) is 0. The van der Waals surface area contributed by atoms with Crippen molar-refractivity contribution in [3.63, 3.8) is 0 Å². The van der Waals surface area contributed by atoms with Crippen LogP contribution in [0.2, 0.25) is 12.1 Å². The summed E-state index contributed by atoms with van der Waals surface area (Å²) in [5.41, 5.74) is 0.405. The highest BCUT2D eigenvalue weighted by molar-refractivity contribution is 6.61. The molecule has 0 N–H and O–H groups in total. The van der Waals surface area contributed by atoms with Crippen LogP contribution in [0.4, 0.5) is 0 Å². The van der Waals surface area contributed by atoms with Crippen molar-refractivity contribution >= 4 is 29.5 Å². The van der Waals surface area contributed by atoms with Gasteiger partial charge in [0.15, 0.2) is 0 Å². The minimum Gasteiger partial charge on any atom is -0.463 e. The fourth-order valence-corrected chi connectivity index (χ4v) is 8.38. The minimum absolute atomic E-state index is 0.320. The standard InChI is InChI=1S/2C13H26O5Si/c1-6-16-19(17-7-2,18-8-3)11-9-10-15-13(14)12(4)5;1-5-10-13(14)15-11-9-12-19(16-6-2,17-7-3)18-8-4/h4,6-11H2,1-3,5H3;5,10H,6-9,11-12H2,1-4H3. The van der Waals surface area contributed by atoms with E-state index in [0.717, 1.165) is 0 Å². The molecule has 0 aromatic heterocycles. The Morgan fingerprint density at radius 1 is 0.658 bits per heavy atom. The number of hydrogen-bond acceptors (Lipinski definition) is 10. The van der Waals surface area contributed by atoms with Crippen molar-refractivity contribution in [2.45, 2.75) is 80.3 Å². The smallest absolute Gasteiger partial charge is 0.463 e. The van der Waals surface area contributed by atoms with Gasteiger partial charge in [0.25, 0.3) is 0 Å². The van der Waals surface area contributed by atoms with Gasteiger partial charge in [0.2, 0.25) is 0 Å². The lowest BCUT2D eigenvalue weighted by molar-refractivity contribution is -0.139. The molecule has 0 atom stereocenters. The van der Waals surface area contributed by atoms with Crippen molar-refractivity contribution in [1.29, 1.82) is 0 Å². The molecule has 0 spiro atoms. The average molecular weight is 581 g/mol. The third-order valence-electron chi connectivity index (χ3n) is 4.57. The molecule has 12 heteroatoms. The third kappa shape index (κ3) is 18.8. The second-order valence-corrected chi connectivity index (χ2v) is 13.2. The number of allylic oxidation sites excluding steroid dienone is 1. The predicted molar refractivity (Wildman–Crippen MR) is 152 cm³/mol. The number of ether oxygens (including phenoxy) is 2. The van der Waals surface area contributed by atoms with Crippen molar-refractivity contribution in [2.75, 3.05) is 52.9 Å². The zero-order valence-electron chi connectivity index (χ0n) is 24.9.